The molecular formula is C11H10F2O2S. The smallest absolute Gasteiger partial charge is 0.341 e. The SMILES string of the molecule is O=C(O)c1c(F)ccc(SCC2CC2)c1F. The normalized spacial score (nSPS) is 15.1. The molecule has 0 amide bonds. The molecule has 0 bridgehead atoms. The van der Waals surface area contributed by atoms with E-state index in [4.69, 9.17) is 5.11 Å². The lowest BCUT2D eigenvalue weighted by molar-refractivity contribution is 0.0685. The third-order valence-electron chi connectivity index (χ3n) is 2.44. The topological polar surface area (TPSA) is 37.3 Å². The second kappa shape index (κ2) is 4.41. The van der Waals surface area contributed by atoms with Crippen LogP contribution in [0.15, 0.2) is 17.0 Å². The molecule has 86 valence electrons. The van der Waals surface area contributed by atoms with Gasteiger partial charge >= 0.3 is 5.97 Å². The van der Waals surface area contributed by atoms with Gasteiger partial charge in [0, 0.05) is 10.6 Å². The minimum atomic E-state index is -1.57. The number of carbonyl (C=O) groups is 1. The summed E-state index contributed by atoms with van der Waals surface area (Å²) in [4.78, 5) is 10.9. The fourth-order valence-electron chi connectivity index (χ4n) is 1.33. The molecule has 1 aliphatic rings. The van der Waals surface area contributed by atoms with Gasteiger partial charge in [0.2, 0.25) is 0 Å². The van der Waals surface area contributed by atoms with Crippen LogP contribution in [0.3, 0.4) is 0 Å². The fourth-order valence-corrected chi connectivity index (χ4v) is 2.47. The van der Waals surface area contributed by atoms with Gasteiger partial charge in [-0.25, -0.2) is 13.6 Å². The first kappa shape index (κ1) is 11.4. The van der Waals surface area contributed by atoms with E-state index in [2.05, 4.69) is 0 Å². The lowest BCUT2D eigenvalue weighted by Gasteiger charge is -2.05. The Bertz CT molecular complexity index is 430. The lowest BCUT2D eigenvalue weighted by Crippen LogP contribution is -2.05. The van der Waals surface area contributed by atoms with Gasteiger partial charge in [-0.1, -0.05) is 0 Å². The molecule has 5 heteroatoms. The Kier molecular flexibility index (Phi) is 3.14. The zero-order valence-corrected chi connectivity index (χ0v) is 9.19. The summed E-state index contributed by atoms with van der Waals surface area (Å²) in [5, 5.41) is 8.67. The molecule has 1 N–H and O–H groups in total. The van der Waals surface area contributed by atoms with Gasteiger partial charge in [-0.3, -0.25) is 0 Å². The van der Waals surface area contributed by atoms with E-state index in [1.54, 1.807) is 0 Å². The van der Waals surface area contributed by atoms with Crippen molar-refractivity contribution in [1.29, 1.82) is 0 Å². The molecule has 0 spiro atoms. The highest BCUT2D eigenvalue weighted by atomic mass is 32.2. The summed E-state index contributed by atoms with van der Waals surface area (Å²) in [6.07, 6.45) is 2.28. The van der Waals surface area contributed by atoms with Gasteiger partial charge in [0.15, 0.2) is 5.82 Å². The Hall–Kier alpha value is -1.10. The van der Waals surface area contributed by atoms with Gasteiger partial charge in [0.25, 0.3) is 0 Å². The lowest BCUT2D eigenvalue weighted by atomic mass is 10.2. The van der Waals surface area contributed by atoms with Crippen LogP contribution < -0.4 is 0 Å². The average Bonchev–Trinajstić information content (AvgIpc) is 3.00. The van der Waals surface area contributed by atoms with E-state index in [0.717, 1.165) is 24.7 Å². The fraction of sp³-hybridized carbons (Fsp3) is 0.364. The number of carboxylic acid groups (broad SMARTS) is 1. The summed E-state index contributed by atoms with van der Waals surface area (Å²) in [7, 11) is 0. The van der Waals surface area contributed by atoms with Crippen molar-refractivity contribution in [3.05, 3.63) is 29.3 Å². The molecule has 1 saturated carbocycles. The Morgan fingerprint density at radius 2 is 2.12 bits per heavy atom. The second-order valence-electron chi connectivity index (χ2n) is 3.79. The molecule has 0 radical (unpaired) electrons. The first-order chi connectivity index (χ1) is 7.59. The molecular weight excluding hydrogens is 234 g/mol. The molecule has 1 aromatic carbocycles. The molecule has 1 fully saturated rings. The van der Waals surface area contributed by atoms with Crippen LogP contribution in [-0.2, 0) is 0 Å². The third-order valence-corrected chi connectivity index (χ3v) is 3.71. The number of thioether (sulfide) groups is 1. The zero-order valence-electron chi connectivity index (χ0n) is 8.37. The first-order valence-corrected chi connectivity index (χ1v) is 5.92. The number of benzene rings is 1. The highest BCUT2D eigenvalue weighted by Gasteiger charge is 2.24. The average molecular weight is 244 g/mol. The summed E-state index contributed by atoms with van der Waals surface area (Å²) in [6, 6.07) is 2.30. The molecule has 0 aromatic heterocycles. The van der Waals surface area contributed by atoms with E-state index in [-0.39, 0.29) is 4.90 Å². The predicted octanol–water partition coefficient (Wildman–Crippen LogP) is 3.17. The molecule has 0 saturated heterocycles. The van der Waals surface area contributed by atoms with Crippen LogP contribution in [0, 0.1) is 17.6 Å². The van der Waals surface area contributed by atoms with Gasteiger partial charge in [-0.2, -0.15) is 0 Å². The molecule has 0 unspecified atom stereocenters. The molecule has 2 rings (SSSR count). The van der Waals surface area contributed by atoms with Crippen molar-refractivity contribution in [3.63, 3.8) is 0 Å². The van der Waals surface area contributed by atoms with E-state index in [0.29, 0.717) is 5.92 Å². The monoisotopic (exact) mass is 244 g/mol. The Labute approximate surface area is 95.7 Å². The summed E-state index contributed by atoms with van der Waals surface area (Å²) < 4.78 is 26.7. The molecule has 16 heavy (non-hydrogen) atoms. The van der Waals surface area contributed by atoms with Crippen LogP contribution in [0.5, 0.6) is 0 Å². The highest BCUT2D eigenvalue weighted by molar-refractivity contribution is 7.99. The molecule has 0 atom stereocenters. The highest BCUT2D eigenvalue weighted by Crippen LogP contribution is 2.36. The summed E-state index contributed by atoms with van der Waals surface area (Å²) in [6.45, 7) is 0. The van der Waals surface area contributed by atoms with Crippen molar-refractivity contribution < 1.29 is 18.7 Å². The quantitative estimate of drug-likeness (QED) is 0.826. The molecule has 0 heterocycles. The van der Waals surface area contributed by atoms with Crippen molar-refractivity contribution in [2.75, 3.05) is 5.75 Å². The number of carboxylic acids is 1. The van der Waals surface area contributed by atoms with Gasteiger partial charge in [0.1, 0.15) is 11.4 Å². The Morgan fingerprint density at radius 1 is 1.44 bits per heavy atom. The van der Waals surface area contributed by atoms with Crippen LogP contribution in [0.25, 0.3) is 0 Å². The summed E-state index contributed by atoms with van der Waals surface area (Å²) >= 11 is 1.25. The summed E-state index contributed by atoms with van der Waals surface area (Å²) in [5.74, 6) is -2.19. The third kappa shape index (κ3) is 2.35. The minimum Gasteiger partial charge on any atom is -0.477 e. The van der Waals surface area contributed by atoms with Crippen LogP contribution in [-0.4, -0.2) is 16.8 Å². The standard InChI is InChI=1S/C11H10F2O2S/c12-7-3-4-8(16-5-6-1-2-6)10(13)9(7)11(14)15/h3-4,6H,1-2,5H2,(H,14,15). The number of rotatable bonds is 4. The maximum absolute atomic E-state index is 13.6. The number of hydrogen-bond donors (Lipinski definition) is 1. The van der Waals surface area contributed by atoms with Crippen molar-refractivity contribution in [1.82, 2.24) is 0 Å². The number of halogens is 2. The molecule has 2 nitrogen and oxygen atoms in total. The Balaban J connectivity index is 2.23. The molecule has 0 aliphatic heterocycles. The van der Waals surface area contributed by atoms with E-state index in [1.807, 2.05) is 0 Å². The number of aromatic carboxylic acids is 1. The maximum Gasteiger partial charge on any atom is 0.341 e. The van der Waals surface area contributed by atoms with Crippen molar-refractivity contribution in [3.8, 4) is 0 Å². The number of hydrogen-bond acceptors (Lipinski definition) is 2. The molecule has 1 aromatic rings. The van der Waals surface area contributed by atoms with E-state index >= 15 is 0 Å². The second-order valence-corrected chi connectivity index (χ2v) is 4.86. The van der Waals surface area contributed by atoms with Crippen LogP contribution in [0.4, 0.5) is 8.78 Å². The summed E-state index contributed by atoms with van der Waals surface area (Å²) in [5.41, 5.74) is -0.860. The van der Waals surface area contributed by atoms with Gasteiger partial charge in [-0.05, 0) is 30.9 Å². The van der Waals surface area contributed by atoms with Crippen LogP contribution in [0.2, 0.25) is 0 Å². The minimum absolute atomic E-state index is 0.214. The predicted molar refractivity (Wildman–Crippen MR) is 56.8 cm³/mol. The van der Waals surface area contributed by atoms with Crippen molar-refractivity contribution in [2.45, 2.75) is 17.7 Å². The van der Waals surface area contributed by atoms with E-state index in [1.165, 1.54) is 17.8 Å². The van der Waals surface area contributed by atoms with E-state index in [9.17, 15) is 13.6 Å². The van der Waals surface area contributed by atoms with Gasteiger partial charge in [-0.15, -0.1) is 11.8 Å². The van der Waals surface area contributed by atoms with Crippen molar-refractivity contribution >= 4 is 17.7 Å². The maximum atomic E-state index is 13.6. The molecule has 1 aliphatic carbocycles. The van der Waals surface area contributed by atoms with Crippen LogP contribution in [0.1, 0.15) is 23.2 Å². The van der Waals surface area contributed by atoms with Gasteiger partial charge in [0.05, 0.1) is 0 Å². The van der Waals surface area contributed by atoms with Gasteiger partial charge < -0.3 is 5.11 Å². The zero-order chi connectivity index (χ0) is 11.7. The van der Waals surface area contributed by atoms with E-state index < -0.39 is 23.2 Å². The van der Waals surface area contributed by atoms with Crippen LogP contribution >= 0.6 is 11.8 Å². The van der Waals surface area contributed by atoms with Crippen molar-refractivity contribution in [2.24, 2.45) is 5.92 Å². The first-order valence-electron chi connectivity index (χ1n) is 4.93. The Morgan fingerprint density at radius 3 is 2.69 bits per heavy atom. The largest absolute Gasteiger partial charge is 0.477 e.